The fourth-order valence-electron chi connectivity index (χ4n) is 5.86. The minimum absolute atomic E-state index is 0.0459. The van der Waals surface area contributed by atoms with Gasteiger partial charge in [-0.1, -0.05) is 6.92 Å². The highest BCUT2D eigenvalue weighted by molar-refractivity contribution is 5.87. The molecule has 37 heavy (non-hydrogen) atoms. The Hall–Kier alpha value is -4.23. The van der Waals surface area contributed by atoms with E-state index in [2.05, 4.69) is 40.0 Å². The van der Waals surface area contributed by atoms with Crippen molar-refractivity contribution in [3.8, 4) is 18.2 Å². The molecule has 0 spiro atoms. The molecule has 10 nitrogen and oxygen atoms in total. The zero-order valence-electron chi connectivity index (χ0n) is 21.3. The molecule has 4 heterocycles. The first-order valence-corrected chi connectivity index (χ1v) is 12.6. The standard InChI is InChI=1S/C27H29N9O/c1-18-14-35(25(37)27(15-30)6-4-7-27)19(2)13-34(18)23-22-24(33-17-32-23)36(16-26(22,3)8-9-28)21-11-20(12-29)5-10-31-21/h5,10-11,17-19H,4,6-8,13-14,16H2,1-3H3/t18-,19+,26?/m0/s1. The van der Waals surface area contributed by atoms with Gasteiger partial charge in [0.05, 0.1) is 23.8 Å². The highest BCUT2D eigenvalue weighted by Crippen LogP contribution is 2.49. The van der Waals surface area contributed by atoms with Crippen LogP contribution < -0.4 is 9.80 Å². The van der Waals surface area contributed by atoms with Gasteiger partial charge in [-0.05, 0) is 45.2 Å². The molecule has 2 aromatic heterocycles. The number of hydrogen-bond donors (Lipinski definition) is 0. The fraction of sp³-hybridized carbons (Fsp3) is 0.519. The van der Waals surface area contributed by atoms with Crippen LogP contribution >= 0.6 is 0 Å². The van der Waals surface area contributed by atoms with Gasteiger partial charge in [-0.15, -0.1) is 0 Å². The second-order valence-electron chi connectivity index (χ2n) is 10.7. The first kappa shape index (κ1) is 24.5. The lowest BCUT2D eigenvalue weighted by atomic mass is 9.68. The van der Waals surface area contributed by atoms with Crippen molar-refractivity contribution in [1.29, 1.82) is 15.8 Å². The van der Waals surface area contributed by atoms with E-state index in [1.807, 2.05) is 23.6 Å². The third kappa shape index (κ3) is 3.83. The number of piperazine rings is 1. The molecule has 2 aromatic rings. The Bertz CT molecular complexity index is 1370. The van der Waals surface area contributed by atoms with Gasteiger partial charge >= 0.3 is 0 Å². The second kappa shape index (κ2) is 9.01. The first-order valence-electron chi connectivity index (χ1n) is 12.6. The van der Waals surface area contributed by atoms with E-state index in [0.29, 0.717) is 49.7 Å². The molecule has 0 radical (unpaired) electrons. The van der Waals surface area contributed by atoms with Crippen molar-refractivity contribution >= 4 is 23.4 Å². The number of nitriles is 3. The Balaban J connectivity index is 1.51. The van der Waals surface area contributed by atoms with Gasteiger partial charge in [-0.3, -0.25) is 4.79 Å². The van der Waals surface area contributed by atoms with Crippen LogP contribution in [-0.4, -0.2) is 57.5 Å². The average molecular weight is 496 g/mol. The van der Waals surface area contributed by atoms with Crippen molar-refractivity contribution in [3.05, 3.63) is 35.8 Å². The zero-order chi connectivity index (χ0) is 26.4. The molecule has 2 aliphatic heterocycles. The summed E-state index contributed by atoms with van der Waals surface area (Å²) in [6, 6.07) is 10.0. The molecule has 1 unspecified atom stereocenters. The van der Waals surface area contributed by atoms with Crippen molar-refractivity contribution in [2.45, 2.75) is 64.0 Å². The number of amides is 1. The van der Waals surface area contributed by atoms with Gasteiger partial charge in [-0.25, -0.2) is 15.0 Å². The molecular formula is C27H29N9O. The zero-order valence-corrected chi connectivity index (χ0v) is 21.3. The molecule has 1 saturated carbocycles. The van der Waals surface area contributed by atoms with E-state index < -0.39 is 10.8 Å². The summed E-state index contributed by atoms with van der Waals surface area (Å²) in [4.78, 5) is 33.2. The Kier molecular flexibility index (Phi) is 5.96. The topological polar surface area (TPSA) is 137 Å². The van der Waals surface area contributed by atoms with Crippen molar-refractivity contribution in [3.63, 3.8) is 0 Å². The monoisotopic (exact) mass is 495 g/mol. The lowest BCUT2D eigenvalue weighted by molar-refractivity contribution is -0.146. The number of fused-ring (bicyclic) bond motifs is 1. The van der Waals surface area contributed by atoms with Gasteiger partial charge in [0.2, 0.25) is 5.91 Å². The Labute approximate surface area is 216 Å². The molecule has 1 saturated heterocycles. The summed E-state index contributed by atoms with van der Waals surface area (Å²) < 4.78 is 0. The molecule has 0 bridgehead atoms. The maximum absolute atomic E-state index is 13.3. The van der Waals surface area contributed by atoms with Crippen LogP contribution in [-0.2, 0) is 10.2 Å². The lowest BCUT2D eigenvalue weighted by Gasteiger charge is -2.48. The van der Waals surface area contributed by atoms with Gasteiger partial charge in [0.1, 0.15) is 29.2 Å². The highest BCUT2D eigenvalue weighted by Gasteiger charge is 2.50. The van der Waals surface area contributed by atoms with E-state index in [9.17, 15) is 20.6 Å². The largest absolute Gasteiger partial charge is 0.350 e. The van der Waals surface area contributed by atoms with E-state index in [-0.39, 0.29) is 24.4 Å². The van der Waals surface area contributed by atoms with Crippen molar-refractivity contribution in [2.75, 3.05) is 29.4 Å². The molecule has 1 amide bonds. The lowest BCUT2D eigenvalue weighted by Crippen LogP contribution is -2.62. The van der Waals surface area contributed by atoms with Gasteiger partial charge in [0, 0.05) is 55.3 Å². The summed E-state index contributed by atoms with van der Waals surface area (Å²) in [7, 11) is 0. The molecular weight excluding hydrogens is 466 g/mol. The van der Waals surface area contributed by atoms with Crippen LogP contribution in [0, 0.1) is 39.4 Å². The van der Waals surface area contributed by atoms with E-state index >= 15 is 0 Å². The Morgan fingerprint density at radius 2 is 1.86 bits per heavy atom. The van der Waals surface area contributed by atoms with Gasteiger partial charge in [-0.2, -0.15) is 15.8 Å². The van der Waals surface area contributed by atoms with Crippen molar-refractivity contribution < 1.29 is 4.79 Å². The maximum Gasteiger partial charge on any atom is 0.243 e. The van der Waals surface area contributed by atoms with Crippen LogP contribution in [0.15, 0.2) is 24.7 Å². The molecule has 188 valence electrons. The summed E-state index contributed by atoms with van der Waals surface area (Å²) >= 11 is 0. The molecule has 3 atom stereocenters. The van der Waals surface area contributed by atoms with Crippen LogP contribution in [0.4, 0.5) is 17.5 Å². The summed E-state index contributed by atoms with van der Waals surface area (Å²) in [5.74, 6) is 1.98. The van der Waals surface area contributed by atoms with Crippen LogP contribution in [0.3, 0.4) is 0 Å². The minimum Gasteiger partial charge on any atom is -0.350 e. The number of nitrogens with zero attached hydrogens (tertiary/aromatic N) is 9. The second-order valence-corrected chi connectivity index (χ2v) is 10.7. The van der Waals surface area contributed by atoms with Crippen LogP contribution in [0.25, 0.3) is 0 Å². The number of pyridine rings is 1. The van der Waals surface area contributed by atoms with Crippen LogP contribution in [0.5, 0.6) is 0 Å². The maximum atomic E-state index is 13.3. The van der Waals surface area contributed by atoms with E-state index in [1.165, 1.54) is 6.33 Å². The smallest absolute Gasteiger partial charge is 0.243 e. The summed E-state index contributed by atoms with van der Waals surface area (Å²) in [5, 5.41) is 28.8. The van der Waals surface area contributed by atoms with Crippen LogP contribution in [0.1, 0.15) is 57.6 Å². The summed E-state index contributed by atoms with van der Waals surface area (Å²) in [6.07, 6.45) is 5.57. The normalized spacial score (nSPS) is 25.9. The Morgan fingerprint density at radius 3 is 2.51 bits per heavy atom. The number of carbonyl (C=O) groups is 1. The molecule has 0 N–H and O–H groups in total. The van der Waals surface area contributed by atoms with Crippen molar-refractivity contribution in [2.24, 2.45) is 5.41 Å². The molecule has 10 heteroatoms. The van der Waals surface area contributed by atoms with E-state index in [0.717, 1.165) is 17.8 Å². The first-order chi connectivity index (χ1) is 17.8. The Morgan fingerprint density at radius 1 is 1.11 bits per heavy atom. The third-order valence-electron chi connectivity index (χ3n) is 8.14. The molecule has 5 rings (SSSR count). The van der Waals surface area contributed by atoms with E-state index in [1.54, 1.807) is 18.3 Å². The number of carbonyl (C=O) groups excluding carboxylic acids is 1. The summed E-state index contributed by atoms with van der Waals surface area (Å²) in [6.45, 7) is 7.65. The van der Waals surface area contributed by atoms with Gasteiger partial charge in [0.15, 0.2) is 0 Å². The average Bonchev–Trinajstić information content (AvgIpc) is 3.17. The van der Waals surface area contributed by atoms with Gasteiger partial charge < -0.3 is 14.7 Å². The minimum atomic E-state index is -0.872. The molecule has 3 aliphatic rings. The highest BCUT2D eigenvalue weighted by atomic mass is 16.2. The van der Waals surface area contributed by atoms with Crippen molar-refractivity contribution in [1.82, 2.24) is 19.9 Å². The fourth-order valence-corrected chi connectivity index (χ4v) is 5.86. The molecule has 2 fully saturated rings. The molecule has 1 aliphatic carbocycles. The van der Waals surface area contributed by atoms with Crippen LogP contribution in [0.2, 0.25) is 0 Å². The SMILES string of the molecule is C[C@@H]1CN(c2ncnc3c2C(C)(CC#N)CN3c2cc(C#N)ccn2)[C@@H](C)CN1C(=O)C1(C#N)CCC1. The third-order valence-corrected chi connectivity index (χ3v) is 8.14. The van der Waals surface area contributed by atoms with Gasteiger partial charge in [0.25, 0.3) is 0 Å². The predicted octanol–water partition coefficient (Wildman–Crippen LogP) is 3.19. The number of anilines is 3. The molecule has 0 aromatic carbocycles. The predicted molar refractivity (Wildman–Crippen MR) is 135 cm³/mol. The van der Waals surface area contributed by atoms with E-state index in [4.69, 9.17) is 4.98 Å². The summed E-state index contributed by atoms with van der Waals surface area (Å²) in [5.41, 5.74) is -0.0486. The number of rotatable bonds is 4. The number of aromatic nitrogens is 3. The quantitative estimate of drug-likeness (QED) is 0.626. The number of hydrogen-bond acceptors (Lipinski definition) is 9.